The van der Waals surface area contributed by atoms with Crippen LogP contribution >= 0.6 is 0 Å². The van der Waals surface area contributed by atoms with Gasteiger partial charge in [-0.1, -0.05) is 0 Å². The van der Waals surface area contributed by atoms with Crippen molar-refractivity contribution in [2.45, 2.75) is 19.4 Å². The summed E-state index contributed by atoms with van der Waals surface area (Å²) in [4.78, 5) is 22.0. The molecule has 0 spiro atoms. The van der Waals surface area contributed by atoms with Gasteiger partial charge in [-0.05, 0) is 36.8 Å². The Kier molecular flexibility index (Phi) is 6.18. The molecule has 1 heterocycles. The first kappa shape index (κ1) is 17.3. The molecule has 0 saturated carbocycles. The third-order valence-electron chi connectivity index (χ3n) is 3.26. The normalized spacial score (nSPS) is 10.2. The van der Waals surface area contributed by atoms with Crippen LogP contribution in [-0.4, -0.2) is 40.5 Å². The Hall–Kier alpha value is -3.03. The summed E-state index contributed by atoms with van der Waals surface area (Å²) < 4.78 is 6.82. The zero-order valence-corrected chi connectivity index (χ0v) is 13.4. The van der Waals surface area contributed by atoms with Crippen LogP contribution in [0.15, 0.2) is 36.5 Å². The molecule has 0 bridgehead atoms. The number of ether oxygens (including phenoxy) is 1. The summed E-state index contributed by atoms with van der Waals surface area (Å²) in [6.45, 7) is 0.604. The molecule has 0 fully saturated rings. The predicted molar refractivity (Wildman–Crippen MR) is 87.2 cm³/mol. The van der Waals surface area contributed by atoms with E-state index in [-0.39, 0.29) is 19.0 Å². The van der Waals surface area contributed by atoms with E-state index < -0.39 is 5.97 Å². The Bertz CT molecular complexity index is 682. The number of carboxylic acid groups (broad SMARTS) is 1. The number of carbonyl (C=O) groups excluding carboxylic acids is 1. The number of carbonyl (C=O) groups is 2. The van der Waals surface area contributed by atoms with Gasteiger partial charge in [0.25, 0.3) is 0 Å². The highest BCUT2D eigenvalue weighted by Crippen LogP contribution is 2.14. The zero-order chi connectivity index (χ0) is 17.4. The molecule has 8 nitrogen and oxygen atoms in total. The molecule has 0 aliphatic carbocycles. The first-order valence-electron chi connectivity index (χ1n) is 7.51. The molecule has 24 heavy (non-hydrogen) atoms. The average molecular weight is 332 g/mol. The number of aliphatic carboxylic acids is 1. The Morgan fingerprint density at radius 2 is 1.96 bits per heavy atom. The lowest BCUT2D eigenvalue weighted by Gasteiger charge is -2.06. The van der Waals surface area contributed by atoms with Gasteiger partial charge in [-0.2, -0.15) is 5.10 Å². The number of carboxylic acids is 1. The lowest BCUT2D eigenvalue weighted by molar-refractivity contribution is -0.137. The maximum absolute atomic E-state index is 11.6. The third-order valence-corrected chi connectivity index (χ3v) is 3.26. The molecule has 2 amide bonds. The summed E-state index contributed by atoms with van der Waals surface area (Å²) in [7, 11) is 1.61. The predicted octanol–water partition coefficient (Wildman–Crippen LogP) is 1.54. The fourth-order valence-electron chi connectivity index (χ4n) is 2.01. The van der Waals surface area contributed by atoms with Gasteiger partial charge < -0.3 is 20.5 Å². The number of nitrogens with one attached hydrogen (secondary N) is 2. The van der Waals surface area contributed by atoms with E-state index in [1.54, 1.807) is 11.8 Å². The van der Waals surface area contributed by atoms with Gasteiger partial charge in [-0.25, -0.2) is 9.48 Å². The Labute approximate surface area is 139 Å². The molecule has 0 unspecified atom stereocenters. The minimum atomic E-state index is -0.874. The fraction of sp³-hybridized carbons (Fsp3) is 0.312. The first-order chi connectivity index (χ1) is 11.6. The highest BCUT2D eigenvalue weighted by atomic mass is 16.5. The third kappa shape index (κ3) is 5.31. The van der Waals surface area contributed by atoms with E-state index in [4.69, 9.17) is 9.84 Å². The van der Waals surface area contributed by atoms with Crippen molar-refractivity contribution in [3.8, 4) is 11.4 Å². The second-order valence-electron chi connectivity index (χ2n) is 5.06. The number of rotatable bonds is 8. The molecule has 0 radical (unpaired) electrons. The molecular formula is C16H20N4O4. The quantitative estimate of drug-likeness (QED) is 0.636. The largest absolute Gasteiger partial charge is 0.497 e. The summed E-state index contributed by atoms with van der Waals surface area (Å²) in [6.07, 6.45) is 2.24. The van der Waals surface area contributed by atoms with E-state index in [1.165, 1.54) is 0 Å². The second-order valence-corrected chi connectivity index (χ2v) is 5.06. The van der Waals surface area contributed by atoms with Crippen LogP contribution in [0.3, 0.4) is 0 Å². The maximum Gasteiger partial charge on any atom is 0.315 e. The molecule has 128 valence electrons. The molecule has 1 aromatic carbocycles. The molecule has 0 aliphatic heterocycles. The van der Waals surface area contributed by atoms with E-state index >= 15 is 0 Å². The lowest BCUT2D eigenvalue weighted by atomic mass is 10.3. The summed E-state index contributed by atoms with van der Waals surface area (Å²) in [5, 5.41) is 18.2. The van der Waals surface area contributed by atoms with Crippen molar-refractivity contribution in [3.63, 3.8) is 0 Å². The summed E-state index contributed by atoms with van der Waals surface area (Å²) >= 11 is 0. The van der Waals surface area contributed by atoms with Crippen molar-refractivity contribution in [2.24, 2.45) is 0 Å². The molecule has 1 aromatic heterocycles. The number of benzene rings is 1. The standard InChI is InChI=1S/C16H20N4O4/c1-24-14-6-4-13(5-7-14)20-10-8-12(19-20)11-18-16(23)17-9-2-3-15(21)22/h4-8,10H,2-3,9,11H2,1H3,(H,21,22)(H2,17,18,23). The van der Waals surface area contributed by atoms with Gasteiger partial charge in [-0.3, -0.25) is 4.79 Å². The summed E-state index contributed by atoms with van der Waals surface area (Å²) in [5.41, 5.74) is 1.60. The van der Waals surface area contributed by atoms with Crippen molar-refractivity contribution in [1.82, 2.24) is 20.4 Å². The fourth-order valence-corrected chi connectivity index (χ4v) is 2.01. The van der Waals surface area contributed by atoms with Gasteiger partial charge in [0.2, 0.25) is 0 Å². The van der Waals surface area contributed by atoms with Crippen LogP contribution in [0.25, 0.3) is 5.69 Å². The number of amides is 2. The Morgan fingerprint density at radius 1 is 1.21 bits per heavy atom. The van der Waals surface area contributed by atoms with Crippen LogP contribution in [0.4, 0.5) is 4.79 Å². The molecule has 2 rings (SSSR count). The van der Waals surface area contributed by atoms with Crippen LogP contribution in [0, 0.1) is 0 Å². The smallest absolute Gasteiger partial charge is 0.315 e. The van der Waals surface area contributed by atoms with Crippen LogP contribution in [0.5, 0.6) is 5.75 Å². The number of methoxy groups -OCH3 is 1. The van der Waals surface area contributed by atoms with E-state index in [9.17, 15) is 9.59 Å². The molecule has 0 aliphatic rings. The lowest BCUT2D eigenvalue weighted by Crippen LogP contribution is -2.35. The van der Waals surface area contributed by atoms with Crippen molar-refractivity contribution in [1.29, 1.82) is 0 Å². The number of nitrogens with zero attached hydrogens (tertiary/aromatic N) is 2. The van der Waals surface area contributed by atoms with Gasteiger partial charge in [0.05, 0.1) is 25.0 Å². The minimum Gasteiger partial charge on any atom is -0.497 e. The van der Waals surface area contributed by atoms with Gasteiger partial charge in [0, 0.05) is 19.2 Å². The highest BCUT2D eigenvalue weighted by molar-refractivity contribution is 5.73. The van der Waals surface area contributed by atoms with E-state index in [1.807, 2.05) is 36.5 Å². The SMILES string of the molecule is COc1ccc(-n2ccc(CNC(=O)NCCCC(=O)O)n2)cc1. The summed E-state index contributed by atoms with van der Waals surface area (Å²) in [5.74, 6) is -0.103. The van der Waals surface area contributed by atoms with Gasteiger partial charge in [0.1, 0.15) is 5.75 Å². The number of urea groups is 1. The van der Waals surface area contributed by atoms with Gasteiger partial charge in [-0.15, -0.1) is 0 Å². The van der Waals surface area contributed by atoms with Gasteiger partial charge in [0.15, 0.2) is 0 Å². The van der Waals surface area contributed by atoms with Crippen LogP contribution in [0.1, 0.15) is 18.5 Å². The molecular weight excluding hydrogens is 312 g/mol. The highest BCUT2D eigenvalue weighted by Gasteiger charge is 2.05. The van der Waals surface area contributed by atoms with Crippen molar-refractivity contribution >= 4 is 12.0 Å². The maximum atomic E-state index is 11.6. The number of hydrogen-bond donors (Lipinski definition) is 3. The molecule has 0 saturated heterocycles. The number of hydrogen-bond acceptors (Lipinski definition) is 4. The van der Waals surface area contributed by atoms with Crippen molar-refractivity contribution < 1.29 is 19.4 Å². The van der Waals surface area contributed by atoms with Crippen LogP contribution in [0.2, 0.25) is 0 Å². The molecule has 3 N–H and O–H groups in total. The summed E-state index contributed by atoms with van der Waals surface area (Å²) in [6, 6.07) is 8.93. The van der Waals surface area contributed by atoms with E-state index in [2.05, 4.69) is 15.7 Å². The molecule has 8 heteroatoms. The van der Waals surface area contributed by atoms with Crippen LogP contribution in [-0.2, 0) is 11.3 Å². The molecule has 0 atom stereocenters. The Morgan fingerprint density at radius 3 is 2.62 bits per heavy atom. The van der Waals surface area contributed by atoms with Gasteiger partial charge >= 0.3 is 12.0 Å². The van der Waals surface area contributed by atoms with Crippen molar-refractivity contribution in [2.75, 3.05) is 13.7 Å². The average Bonchev–Trinajstić information content (AvgIpc) is 3.06. The topological polar surface area (TPSA) is 105 Å². The van der Waals surface area contributed by atoms with E-state index in [0.717, 1.165) is 11.4 Å². The first-order valence-corrected chi connectivity index (χ1v) is 7.51. The second kappa shape index (κ2) is 8.56. The monoisotopic (exact) mass is 332 g/mol. The van der Waals surface area contributed by atoms with Crippen molar-refractivity contribution in [3.05, 3.63) is 42.2 Å². The van der Waals surface area contributed by atoms with E-state index in [0.29, 0.717) is 18.7 Å². The number of aromatic nitrogens is 2. The minimum absolute atomic E-state index is 0.0343. The zero-order valence-electron chi connectivity index (χ0n) is 13.4. The molecule has 2 aromatic rings. The van der Waals surface area contributed by atoms with Crippen LogP contribution < -0.4 is 15.4 Å². The Balaban J connectivity index is 1.78.